The molecular weight excluding hydrogens is 346 g/mol. The molecule has 0 radical (unpaired) electrons. The van der Waals surface area contributed by atoms with Crippen molar-refractivity contribution in [1.82, 2.24) is 4.90 Å². The molecule has 0 spiro atoms. The number of allylic oxidation sites excluding steroid dienone is 2. The molecule has 2 nitrogen and oxygen atoms in total. The van der Waals surface area contributed by atoms with Crippen LogP contribution < -0.4 is 0 Å². The highest BCUT2D eigenvalue weighted by atomic mass is 32.2. The lowest BCUT2D eigenvalue weighted by Gasteiger charge is -2.23. The van der Waals surface area contributed by atoms with Crippen LogP contribution in [0.25, 0.3) is 6.08 Å². The van der Waals surface area contributed by atoms with Gasteiger partial charge in [0.05, 0.1) is 10.9 Å². The van der Waals surface area contributed by atoms with E-state index in [-0.39, 0.29) is 11.9 Å². The van der Waals surface area contributed by atoms with E-state index in [0.29, 0.717) is 9.23 Å². The maximum Gasteiger partial charge on any atom is 0.266 e. The number of thiocarbonyl (C=S) groups is 1. The first-order valence-electron chi connectivity index (χ1n) is 8.11. The van der Waals surface area contributed by atoms with Crippen molar-refractivity contribution in [2.45, 2.75) is 19.9 Å². The van der Waals surface area contributed by atoms with Gasteiger partial charge in [0.15, 0.2) is 0 Å². The fourth-order valence-corrected chi connectivity index (χ4v) is 4.22. The zero-order valence-corrected chi connectivity index (χ0v) is 15.8. The van der Waals surface area contributed by atoms with Crippen molar-refractivity contribution in [1.29, 1.82) is 0 Å². The summed E-state index contributed by atoms with van der Waals surface area (Å²) in [6.45, 7) is 4.01. The number of amides is 1. The van der Waals surface area contributed by atoms with Gasteiger partial charge < -0.3 is 0 Å². The minimum atomic E-state index is -0.0713. The van der Waals surface area contributed by atoms with Crippen LogP contribution in [0.3, 0.4) is 0 Å². The molecule has 0 aliphatic carbocycles. The second-order valence-electron chi connectivity index (χ2n) is 5.94. The van der Waals surface area contributed by atoms with Crippen LogP contribution in [-0.4, -0.2) is 15.1 Å². The predicted molar refractivity (Wildman–Crippen MR) is 110 cm³/mol. The average molecular weight is 366 g/mol. The van der Waals surface area contributed by atoms with Gasteiger partial charge in [0.2, 0.25) is 0 Å². The van der Waals surface area contributed by atoms with Gasteiger partial charge in [-0.3, -0.25) is 9.69 Å². The molecule has 1 heterocycles. The quantitative estimate of drug-likeness (QED) is 0.520. The van der Waals surface area contributed by atoms with Crippen molar-refractivity contribution in [2.75, 3.05) is 0 Å². The van der Waals surface area contributed by atoms with E-state index >= 15 is 0 Å². The predicted octanol–water partition coefficient (Wildman–Crippen LogP) is 5.60. The van der Waals surface area contributed by atoms with E-state index in [1.807, 2.05) is 80.6 Å². The van der Waals surface area contributed by atoms with E-state index < -0.39 is 0 Å². The van der Waals surface area contributed by atoms with E-state index in [0.717, 1.165) is 16.7 Å². The lowest BCUT2D eigenvalue weighted by atomic mass is 10.1. The highest BCUT2D eigenvalue weighted by Gasteiger charge is 2.35. The number of rotatable bonds is 4. The number of carbonyl (C=O) groups excluding carboxylic acids is 1. The normalized spacial score (nSPS) is 18.1. The van der Waals surface area contributed by atoms with E-state index in [4.69, 9.17) is 12.2 Å². The first kappa shape index (κ1) is 17.6. The minimum Gasteiger partial charge on any atom is -0.286 e. The molecule has 1 aliphatic rings. The zero-order chi connectivity index (χ0) is 17.8. The Morgan fingerprint density at radius 1 is 1.08 bits per heavy atom. The van der Waals surface area contributed by atoms with Gasteiger partial charge in [-0.1, -0.05) is 90.7 Å². The molecule has 126 valence electrons. The SMILES string of the molecule is CC(/C=C1\SC(=S)N(C(C)c2ccccc2)C1=O)=C\c1ccccc1. The Kier molecular flexibility index (Phi) is 5.51. The molecule has 1 fully saturated rings. The number of nitrogens with zero attached hydrogens (tertiary/aromatic N) is 1. The van der Waals surface area contributed by atoms with Gasteiger partial charge in [0.1, 0.15) is 4.32 Å². The largest absolute Gasteiger partial charge is 0.286 e. The molecule has 1 saturated heterocycles. The van der Waals surface area contributed by atoms with Crippen LogP contribution in [0.1, 0.15) is 31.0 Å². The first-order chi connectivity index (χ1) is 12.1. The molecule has 4 heteroatoms. The number of hydrogen-bond acceptors (Lipinski definition) is 3. The van der Waals surface area contributed by atoms with Gasteiger partial charge in [-0.15, -0.1) is 0 Å². The second kappa shape index (κ2) is 7.81. The number of carbonyl (C=O) groups is 1. The summed E-state index contributed by atoms with van der Waals surface area (Å²) in [6, 6.07) is 20.0. The summed E-state index contributed by atoms with van der Waals surface area (Å²) in [5, 5.41) is 0. The van der Waals surface area contributed by atoms with Crippen LogP contribution in [0.15, 0.2) is 77.2 Å². The summed E-state index contributed by atoms with van der Waals surface area (Å²) in [7, 11) is 0. The molecule has 1 atom stereocenters. The van der Waals surface area contributed by atoms with Gasteiger partial charge >= 0.3 is 0 Å². The fourth-order valence-electron chi connectivity index (χ4n) is 2.75. The summed E-state index contributed by atoms with van der Waals surface area (Å²) in [6.07, 6.45) is 3.98. The molecule has 1 aliphatic heterocycles. The summed E-state index contributed by atoms with van der Waals surface area (Å²) < 4.78 is 0.611. The van der Waals surface area contributed by atoms with Gasteiger partial charge in [-0.2, -0.15) is 0 Å². The van der Waals surface area contributed by atoms with E-state index in [9.17, 15) is 4.79 Å². The summed E-state index contributed by atoms with van der Waals surface area (Å²) in [5.41, 5.74) is 3.22. The monoisotopic (exact) mass is 365 g/mol. The third-order valence-corrected chi connectivity index (χ3v) is 5.38. The van der Waals surface area contributed by atoms with Crippen LogP contribution in [-0.2, 0) is 4.79 Å². The third-order valence-electron chi connectivity index (χ3n) is 4.05. The van der Waals surface area contributed by atoms with Crippen LogP contribution in [0.5, 0.6) is 0 Å². The minimum absolute atomic E-state index is 0.0211. The summed E-state index contributed by atoms with van der Waals surface area (Å²) >= 11 is 6.83. The van der Waals surface area contributed by atoms with Crippen molar-refractivity contribution in [2.24, 2.45) is 0 Å². The van der Waals surface area contributed by atoms with Crippen molar-refractivity contribution in [3.8, 4) is 0 Å². The Morgan fingerprint density at radius 3 is 2.32 bits per heavy atom. The number of hydrogen-bond donors (Lipinski definition) is 0. The summed E-state index contributed by atoms with van der Waals surface area (Å²) in [5.74, 6) is -0.0211. The van der Waals surface area contributed by atoms with E-state index in [2.05, 4.69) is 6.08 Å². The van der Waals surface area contributed by atoms with Crippen LogP contribution in [0.4, 0.5) is 0 Å². The van der Waals surface area contributed by atoms with Crippen molar-refractivity contribution in [3.05, 3.63) is 88.3 Å². The fraction of sp³-hybridized carbons (Fsp3) is 0.143. The Morgan fingerprint density at radius 2 is 1.68 bits per heavy atom. The number of benzene rings is 2. The van der Waals surface area contributed by atoms with Gasteiger partial charge in [-0.25, -0.2) is 0 Å². The van der Waals surface area contributed by atoms with Crippen molar-refractivity contribution in [3.63, 3.8) is 0 Å². The molecular formula is C21H19NOS2. The lowest BCUT2D eigenvalue weighted by Crippen LogP contribution is -2.31. The lowest BCUT2D eigenvalue weighted by molar-refractivity contribution is -0.123. The molecule has 0 N–H and O–H groups in total. The van der Waals surface area contributed by atoms with Gasteiger partial charge in [0, 0.05) is 0 Å². The maximum absolute atomic E-state index is 12.8. The summed E-state index contributed by atoms with van der Waals surface area (Å²) in [4.78, 5) is 15.2. The number of thioether (sulfide) groups is 1. The molecule has 2 aromatic rings. The van der Waals surface area contributed by atoms with Crippen molar-refractivity contribution >= 4 is 40.3 Å². The molecule has 1 amide bonds. The van der Waals surface area contributed by atoms with E-state index in [1.54, 1.807) is 4.90 Å². The molecule has 25 heavy (non-hydrogen) atoms. The highest BCUT2D eigenvalue weighted by Crippen LogP contribution is 2.37. The third kappa shape index (κ3) is 4.09. The Labute approximate surface area is 158 Å². The molecule has 1 unspecified atom stereocenters. The van der Waals surface area contributed by atoms with Crippen LogP contribution in [0, 0.1) is 0 Å². The van der Waals surface area contributed by atoms with Gasteiger partial charge in [-0.05, 0) is 36.6 Å². The molecule has 3 rings (SSSR count). The highest BCUT2D eigenvalue weighted by molar-refractivity contribution is 8.26. The molecule has 0 aromatic heterocycles. The zero-order valence-electron chi connectivity index (χ0n) is 14.2. The Hall–Kier alpha value is -2.17. The standard InChI is InChI=1S/C21H19NOS2/c1-15(13-17-9-5-3-6-10-17)14-19-20(23)22(21(24)25-19)16(2)18-11-7-4-8-12-18/h3-14,16H,1-2H3/b15-13+,19-14-. The second-order valence-corrected chi connectivity index (χ2v) is 7.61. The van der Waals surface area contributed by atoms with Crippen LogP contribution >= 0.6 is 24.0 Å². The van der Waals surface area contributed by atoms with Crippen molar-refractivity contribution < 1.29 is 4.79 Å². The Balaban J connectivity index is 1.82. The first-order valence-corrected chi connectivity index (χ1v) is 9.34. The molecule has 0 bridgehead atoms. The molecule has 2 aromatic carbocycles. The average Bonchev–Trinajstić information content (AvgIpc) is 2.89. The smallest absolute Gasteiger partial charge is 0.266 e. The van der Waals surface area contributed by atoms with Crippen LogP contribution in [0.2, 0.25) is 0 Å². The maximum atomic E-state index is 12.8. The molecule has 0 saturated carbocycles. The Bertz CT molecular complexity index is 841. The van der Waals surface area contributed by atoms with E-state index in [1.165, 1.54) is 11.8 Å². The topological polar surface area (TPSA) is 20.3 Å². The van der Waals surface area contributed by atoms with Gasteiger partial charge in [0.25, 0.3) is 5.91 Å².